The Kier molecular flexibility index (Phi) is 4.33. The molecule has 2 nitrogen and oxygen atoms in total. The van der Waals surface area contributed by atoms with Gasteiger partial charge in [0.25, 0.3) is 0 Å². The van der Waals surface area contributed by atoms with Gasteiger partial charge in [-0.25, -0.2) is 0 Å². The van der Waals surface area contributed by atoms with Crippen molar-refractivity contribution in [1.82, 2.24) is 0 Å². The molecule has 0 unspecified atom stereocenters. The van der Waals surface area contributed by atoms with E-state index in [0.717, 1.165) is 12.8 Å². The third kappa shape index (κ3) is 3.22. The highest BCUT2D eigenvalue weighted by molar-refractivity contribution is 6.53. The van der Waals surface area contributed by atoms with E-state index in [2.05, 4.69) is 51.6 Å². The van der Waals surface area contributed by atoms with Gasteiger partial charge in [-0.15, -0.1) is 0 Å². The van der Waals surface area contributed by atoms with Crippen molar-refractivity contribution in [3.8, 4) is 6.07 Å². The van der Waals surface area contributed by atoms with Gasteiger partial charge in [-0.1, -0.05) is 39.0 Å². The maximum atomic E-state index is 9.42. The van der Waals surface area contributed by atoms with E-state index >= 15 is 0 Å². The van der Waals surface area contributed by atoms with Crippen LogP contribution in [0.2, 0.25) is 11.6 Å². The predicted octanol–water partition coefficient (Wildman–Crippen LogP) is 4.91. The summed E-state index contributed by atoms with van der Waals surface area (Å²) in [5.74, 6) is 0. The van der Waals surface area contributed by atoms with Crippen LogP contribution in [0.1, 0.15) is 63.8 Å². The van der Waals surface area contributed by atoms with E-state index in [1.807, 2.05) is 13.8 Å². The zero-order valence-corrected chi connectivity index (χ0v) is 15.1. The fourth-order valence-corrected chi connectivity index (χ4v) is 3.80. The van der Waals surface area contributed by atoms with Crippen LogP contribution in [0.4, 0.5) is 0 Å². The minimum atomic E-state index is -0.848. The Balaban J connectivity index is 2.31. The van der Waals surface area contributed by atoms with Gasteiger partial charge in [0.05, 0.1) is 17.6 Å². The zero-order chi connectivity index (χ0) is 15.8. The SMILES string of the molecule is C[Si](O[C@H]1CCc2c1cccc2C(C)(C)C#N)C(C)(C)C. The molecule has 113 valence electrons. The van der Waals surface area contributed by atoms with Crippen molar-refractivity contribution in [3.63, 3.8) is 0 Å². The lowest BCUT2D eigenvalue weighted by atomic mass is 9.82. The summed E-state index contributed by atoms with van der Waals surface area (Å²) in [6.45, 7) is 13.0. The molecule has 0 saturated carbocycles. The zero-order valence-electron chi connectivity index (χ0n) is 14.1. The molecule has 0 saturated heterocycles. The molecule has 1 aromatic rings. The van der Waals surface area contributed by atoms with Crippen LogP contribution in [-0.2, 0) is 16.3 Å². The molecule has 1 radical (unpaired) electrons. The monoisotopic (exact) mass is 300 g/mol. The van der Waals surface area contributed by atoms with Crippen molar-refractivity contribution < 1.29 is 4.43 Å². The largest absolute Gasteiger partial charge is 0.409 e. The predicted molar refractivity (Wildman–Crippen MR) is 88.6 cm³/mol. The number of hydrogen-bond acceptors (Lipinski definition) is 2. The lowest BCUT2D eigenvalue weighted by Crippen LogP contribution is -2.27. The number of hydrogen-bond donors (Lipinski definition) is 0. The molecule has 0 amide bonds. The van der Waals surface area contributed by atoms with Gasteiger partial charge >= 0.3 is 0 Å². The molecule has 0 fully saturated rings. The minimum absolute atomic E-state index is 0.215. The molecule has 1 aliphatic rings. The molecule has 3 heteroatoms. The Morgan fingerprint density at radius 1 is 1.24 bits per heavy atom. The Morgan fingerprint density at radius 2 is 1.90 bits per heavy atom. The summed E-state index contributed by atoms with van der Waals surface area (Å²) in [4.78, 5) is 0. The van der Waals surface area contributed by atoms with Gasteiger partial charge in [0, 0.05) is 0 Å². The van der Waals surface area contributed by atoms with E-state index in [4.69, 9.17) is 4.43 Å². The lowest BCUT2D eigenvalue weighted by molar-refractivity contribution is 0.198. The summed E-state index contributed by atoms with van der Waals surface area (Å²) in [5, 5.41) is 9.67. The highest BCUT2D eigenvalue weighted by atomic mass is 28.3. The minimum Gasteiger partial charge on any atom is -0.409 e. The quantitative estimate of drug-likeness (QED) is 0.743. The first kappa shape index (κ1) is 16.3. The molecule has 0 heterocycles. The summed E-state index contributed by atoms with van der Waals surface area (Å²) in [6.07, 6.45) is 2.29. The van der Waals surface area contributed by atoms with Gasteiger partial charge in [0.1, 0.15) is 0 Å². The van der Waals surface area contributed by atoms with Crippen LogP contribution < -0.4 is 0 Å². The average molecular weight is 300 g/mol. The van der Waals surface area contributed by atoms with E-state index in [9.17, 15) is 5.26 Å². The number of rotatable bonds is 3. The third-order valence-corrected chi connectivity index (χ3v) is 7.29. The van der Waals surface area contributed by atoms with E-state index in [1.54, 1.807) is 0 Å². The summed E-state index contributed by atoms with van der Waals surface area (Å²) >= 11 is 0. The van der Waals surface area contributed by atoms with E-state index < -0.39 is 14.5 Å². The van der Waals surface area contributed by atoms with Gasteiger partial charge in [0.2, 0.25) is 9.04 Å². The first-order valence-corrected chi connectivity index (χ1v) is 9.62. The van der Waals surface area contributed by atoms with Gasteiger partial charge in [0.15, 0.2) is 0 Å². The normalized spacial score (nSPS) is 18.7. The van der Waals surface area contributed by atoms with Crippen molar-refractivity contribution in [2.45, 2.75) is 70.6 Å². The molecule has 1 atom stereocenters. The van der Waals surface area contributed by atoms with Crippen LogP contribution in [0.15, 0.2) is 18.2 Å². The van der Waals surface area contributed by atoms with Crippen LogP contribution in [0.25, 0.3) is 0 Å². The Hall–Kier alpha value is -1.11. The average Bonchev–Trinajstić information content (AvgIpc) is 2.80. The molecule has 0 aliphatic heterocycles. The first-order valence-electron chi connectivity index (χ1n) is 7.71. The first-order chi connectivity index (χ1) is 9.66. The van der Waals surface area contributed by atoms with Crippen molar-refractivity contribution >= 4 is 9.04 Å². The molecular formula is C18H26NOSi. The molecule has 0 bridgehead atoms. The molecule has 0 aromatic heterocycles. The molecule has 1 aromatic carbocycles. The van der Waals surface area contributed by atoms with Crippen LogP contribution in [0.3, 0.4) is 0 Å². The van der Waals surface area contributed by atoms with Gasteiger partial charge in [-0.3, -0.25) is 0 Å². The standard InChI is InChI=1S/C18H26NOSi/c1-17(2,3)21(6)20-16-11-10-13-14(16)8-7-9-15(13)18(4,5)12-19/h7-9,16H,10-11H2,1-6H3/t16-/m0/s1. The molecule has 21 heavy (non-hydrogen) atoms. The number of fused-ring (bicyclic) bond motifs is 1. The van der Waals surface area contributed by atoms with Crippen LogP contribution >= 0.6 is 0 Å². The number of nitrogens with zero attached hydrogens (tertiary/aromatic N) is 1. The molecular weight excluding hydrogens is 274 g/mol. The fourth-order valence-electron chi connectivity index (χ4n) is 2.77. The maximum Gasteiger partial charge on any atom is 0.214 e. The topological polar surface area (TPSA) is 33.0 Å². The third-order valence-electron chi connectivity index (χ3n) is 4.54. The molecule has 0 spiro atoms. The van der Waals surface area contributed by atoms with E-state index in [0.29, 0.717) is 0 Å². The van der Waals surface area contributed by atoms with Crippen molar-refractivity contribution in [2.24, 2.45) is 0 Å². The second-order valence-electron chi connectivity index (χ2n) is 7.56. The lowest BCUT2D eigenvalue weighted by Gasteiger charge is -2.28. The molecule has 1 aliphatic carbocycles. The summed E-state index contributed by atoms with van der Waals surface area (Å²) in [6, 6.07) is 8.80. The van der Waals surface area contributed by atoms with E-state index in [-0.39, 0.29) is 11.1 Å². The van der Waals surface area contributed by atoms with Crippen molar-refractivity contribution in [3.05, 3.63) is 34.9 Å². The highest BCUT2D eigenvalue weighted by Crippen LogP contribution is 2.41. The van der Waals surface area contributed by atoms with Crippen LogP contribution in [0, 0.1) is 11.3 Å². The second-order valence-corrected chi connectivity index (χ2v) is 10.4. The Labute approximate surface area is 130 Å². The second kappa shape index (κ2) is 5.59. The molecule has 0 N–H and O–H groups in total. The Bertz CT molecular complexity index is 566. The summed E-state index contributed by atoms with van der Waals surface area (Å²) in [7, 11) is -0.848. The Morgan fingerprint density at radius 3 is 2.48 bits per heavy atom. The van der Waals surface area contributed by atoms with Crippen molar-refractivity contribution in [1.29, 1.82) is 5.26 Å². The summed E-state index contributed by atoms with van der Waals surface area (Å²) in [5.41, 5.74) is 3.40. The molecule has 2 rings (SSSR count). The van der Waals surface area contributed by atoms with Crippen molar-refractivity contribution in [2.75, 3.05) is 0 Å². The fraction of sp³-hybridized carbons (Fsp3) is 0.611. The van der Waals surface area contributed by atoms with Gasteiger partial charge in [-0.05, 0) is 55.0 Å². The summed E-state index contributed by atoms with van der Waals surface area (Å²) < 4.78 is 6.42. The van der Waals surface area contributed by atoms with Gasteiger partial charge in [-0.2, -0.15) is 5.26 Å². The highest BCUT2D eigenvalue weighted by Gasteiger charge is 2.34. The number of benzene rings is 1. The van der Waals surface area contributed by atoms with E-state index in [1.165, 1.54) is 16.7 Å². The smallest absolute Gasteiger partial charge is 0.214 e. The van der Waals surface area contributed by atoms with Crippen LogP contribution in [-0.4, -0.2) is 9.04 Å². The van der Waals surface area contributed by atoms with Gasteiger partial charge < -0.3 is 4.43 Å². The maximum absolute atomic E-state index is 9.42. The number of nitriles is 1. The van der Waals surface area contributed by atoms with Crippen LogP contribution in [0.5, 0.6) is 0 Å².